The molecule has 0 aromatic carbocycles. The topological polar surface area (TPSA) is 46.0 Å². The number of hydrogen-bond donors (Lipinski definition) is 1. The van der Waals surface area contributed by atoms with E-state index in [4.69, 9.17) is 0 Å². The van der Waals surface area contributed by atoms with Crippen LogP contribution in [0.1, 0.15) is 31.4 Å². The molecule has 1 aliphatic carbocycles. The highest BCUT2D eigenvalue weighted by Gasteiger charge is 2.20. The van der Waals surface area contributed by atoms with Crippen molar-refractivity contribution >= 4 is 0 Å². The van der Waals surface area contributed by atoms with E-state index in [0.29, 0.717) is 0 Å². The predicted molar refractivity (Wildman–Crippen MR) is 65.6 cm³/mol. The Morgan fingerprint density at radius 1 is 1.24 bits per heavy atom. The second-order valence-electron chi connectivity index (χ2n) is 5.18. The number of nitrogens with one attached hydrogen (secondary N) is 1. The molecule has 5 heteroatoms. The summed E-state index contributed by atoms with van der Waals surface area (Å²) in [7, 11) is 0. The SMILES string of the molecule is c1c(CNC2CC2)nnn1CCN1CCCC1. The summed E-state index contributed by atoms with van der Waals surface area (Å²) in [6.07, 6.45) is 7.43. The third kappa shape index (κ3) is 3.26. The van der Waals surface area contributed by atoms with Crippen molar-refractivity contribution in [1.82, 2.24) is 25.2 Å². The summed E-state index contributed by atoms with van der Waals surface area (Å²) < 4.78 is 1.97. The fourth-order valence-corrected chi connectivity index (χ4v) is 2.32. The molecular weight excluding hydrogens is 214 g/mol. The van der Waals surface area contributed by atoms with Crippen LogP contribution in [0.25, 0.3) is 0 Å². The average Bonchev–Trinajstić information content (AvgIpc) is 2.86. The van der Waals surface area contributed by atoms with E-state index in [-0.39, 0.29) is 0 Å². The Labute approximate surface area is 102 Å². The minimum absolute atomic E-state index is 0.741. The summed E-state index contributed by atoms with van der Waals surface area (Å²) in [4.78, 5) is 2.50. The molecule has 2 heterocycles. The average molecular weight is 235 g/mol. The van der Waals surface area contributed by atoms with Crippen LogP contribution in [-0.4, -0.2) is 45.6 Å². The lowest BCUT2D eigenvalue weighted by atomic mass is 10.4. The van der Waals surface area contributed by atoms with Crippen LogP contribution in [0.3, 0.4) is 0 Å². The first kappa shape index (κ1) is 11.2. The van der Waals surface area contributed by atoms with E-state index in [1.165, 1.54) is 38.8 Å². The minimum Gasteiger partial charge on any atom is -0.308 e. The van der Waals surface area contributed by atoms with Crippen molar-refractivity contribution < 1.29 is 0 Å². The third-order valence-electron chi connectivity index (χ3n) is 3.58. The first-order valence-corrected chi connectivity index (χ1v) is 6.75. The van der Waals surface area contributed by atoms with E-state index in [0.717, 1.165) is 31.4 Å². The number of rotatable bonds is 6. The Bertz CT molecular complexity index is 352. The summed E-state index contributed by atoms with van der Waals surface area (Å²) in [5.74, 6) is 0. The highest BCUT2D eigenvalue weighted by molar-refractivity contribution is 4.94. The van der Waals surface area contributed by atoms with Gasteiger partial charge in [-0.2, -0.15) is 0 Å². The van der Waals surface area contributed by atoms with Crippen LogP contribution < -0.4 is 5.32 Å². The van der Waals surface area contributed by atoms with E-state index in [1.54, 1.807) is 0 Å². The second kappa shape index (κ2) is 5.14. The molecule has 1 aromatic heterocycles. The molecule has 0 unspecified atom stereocenters. The molecule has 94 valence electrons. The smallest absolute Gasteiger partial charge is 0.0964 e. The molecule has 0 amide bonds. The van der Waals surface area contributed by atoms with Crippen LogP contribution in [0.5, 0.6) is 0 Å². The third-order valence-corrected chi connectivity index (χ3v) is 3.58. The first-order valence-electron chi connectivity index (χ1n) is 6.75. The van der Waals surface area contributed by atoms with Gasteiger partial charge in [0.05, 0.1) is 12.2 Å². The summed E-state index contributed by atoms with van der Waals surface area (Å²) in [5, 5.41) is 11.8. The molecule has 5 nitrogen and oxygen atoms in total. The molecule has 0 bridgehead atoms. The van der Waals surface area contributed by atoms with Crippen molar-refractivity contribution in [3.8, 4) is 0 Å². The van der Waals surface area contributed by atoms with Gasteiger partial charge in [-0.15, -0.1) is 5.10 Å². The second-order valence-corrected chi connectivity index (χ2v) is 5.18. The molecule has 0 atom stereocenters. The van der Waals surface area contributed by atoms with Crippen molar-refractivity contribution in [2.45, 2.75) is 44.8 Å². The van der Waals surface area contributed by atoms with Crippen molar-refractivity contribution in [2.75, 3.05) is 19.6 Å². The predicted octanol–water partition coefficient (Wildman–Crippen LogP) is 0.626. The van der Waals surface area contributed by atoms with Gasteiger partial charge >= 0.3 is 0 Å². The van der Waals surface area contributed by atoms with Gasteiger partial charge in [0.1, 0.15) is 0 Å². The van der Waals surface area contributed by atoms with Crippen LogP contribution in [0.2, 0.25) is 0 Å². The van der Waals surface area contributed by atoms with E-state index in [9.17, 15) is 0 Å². The molecule has 0 spiro atoms. The number of nitrogens with zero attached hydrogens (tertiary/aromatic N) is 4. The first-order chi connectivity index (χ1) is 8.40. The van der Waals surface area contributed by atoms with Gasteiger partial charge in [0, 0.05) is 25.3 Å². The van der Waals surface area contributed by atoms with Gasteiger partial charge in [-0.05, 0) is 38.8 Å². The van der Waals surface area contributed by atoms with E-state index in [2.05, 4.69) is 26.7 Å². The fourth-order valence-electron chi connectivity index (χ4n) is 2.32. The monoisotopic (exact) mass is 235 g/mol. The normalized spacial score (nSPS) is 21.2. The minimum atomic E-state index is 0.741. The van der Waals surface area contributed by atoms with Crippen LogP contribution in [-0.2, 0) is 13.1 Å². The number of aromatic nitrogens is 3. The summed E-state index contributed by atoms with van der Waals surface area (Å²) in [6.45, 7) is 5.46. The molecule has 2 fully saturated rings. The van der Waals surface area contributed by atoms with E-state index in [1.807, 2.05) is 4.68 Å². The van der Waals surface area contributed by atoms with Crippen molar-refractivity contribution in [2.24, 2.45) is 0 Å². The van der Waals surface area contributed by atoms with Crippen LogP contribution >= 0.6 is 0 Å². The standard InChI is InChI=1S/C12H21N5/c1-2-6-16(5-1)7-8-17-10-12(14-15-17)9-13-11-3-4-11/h10-11,13H,1-9H2. The number of likely N-dealkylation sites (tertiary alicyclic amines) is 1. The zero-order valence-electron chi connectivity index (χ0n) is 10.3. The summed E-state index contributed by atoms with van der Waals surface area (Å²) in [6, 6.07) is 0.741. The highest BCUT2D eigenvalue weighted by Crippen LogP contribution is 2.18. The molecule has 3 rings (SSSR count). The molecule has 1 aromatic rings. The molecule has 1 N–H and O–H groups in total. The summed E-state index contributed by atoms with van der Waals surface area (Å²) >= 11 is 0. The van der Waals surface area contributed by atoms with Gasteiger partial charge in [0.25, 0.3) is 0 Å². The van der Waals surface area contributed by atoms with Gasteiger partial charge < -0.3 is 10.2 Å². The quantitative estimate of drug-likeness (QED) is 0.785. The Kier molecular flexibility index (Phi) is 3.38. The Morgan fingerprint density at radius 2 is 2.06 bits per heavy atom. The lowest BCUT2D eigenvalue weighted by Gasteiger charge is -2.13. The molecule has 2 aliphatic rings. The van der Waals surface area contributed by atoms with E-state index >= 15 is 0 Å². The van der Waals surface area contributed by atoms with Gasteiger partial charge in [-0.3, -0.25) is 4.68 Å². The van der Waals surface area contributed by atoms with Crippen LogP contribution in [0.15, 0.2) is 6.20 Å². The maximum atomic E-state index is 4.19. The zero-order chi connectivity index (χ0) is 11.5. The van der Waals surface area contributed by atoms with Gasteiger partial charge in [0.2, 0.25) is 0 Å². The largest absolute Gasteiger partial charge is 0.308 e. The lowest BCUT2D eigenvalue weighted by Crippen LogP contribution is -2.24. The van der Waals surface area contributed by atoms with Gasteiger partial charge in [0.15, 0.2) is 0 Å². The molecule has 1 aliphatic heterocycles. The van der Waals surface area contributed by atoms with Gasteiger partial charge in [-0.25, -0.2) is 0 Å². The van der Waals surface area contributed by atoms with Crippen LogP contribution in [0, 0.1) is 0 Å². The Balaban J connectivity index is 1.42. The fraction of sp³-hybridized carbons (Fsp3) is 0.833. The maximum absolute atomic E-state index is 4.19. The molecule has 1 saturated heterocycles. The molecule has 17 heavy (non-hydrogen) atoms. The number of hydrogen-bond acceptors (Lipinski definition) is 4. The Hall–Kier alpha value is -0.940. The van der Waals surface area contributed by atoms with Crippen molar-refractivity contribution in [3.63, 3.8) is 0 Å². The zero-order valence-corrected chi connectivity index (χ0v) is 10.3. The van der Waals surface area contributed by atoms with Crippen molar-refractivity contribution in [3.05, 3.63) is 11.9 Å². The van der Waals surface area contributed by atoms with Gasteiger partial charge in [-0.1, -0.05) is 5.21 Å². The molecular formula is C12H21N5. The van der Waals surface area contributed by atoms with E-state index < -0.39 is 0 Å². The Morgan fingerprint density at radius 3 is 2.82 bits per heavy atom. The molecule has 1 saturated carbocycles. The van der Waals surface area contributed by atoms with Crippen molar-refractivity contribution in [1.29, 1.82) is 0 Å². The lowest BCUT2D eigenvalue weighted by molar-refractivity contribution is 0.314. The summed E-state index contributed by atoms with van der Waals surface area (Å²) in [5.41, 5.74) is 1.07. The highest BCUT2D eigenvalue weighted by atomic mass is 15.4. The van der Waals surface area contributed by atoms with Crippen LogP contribution in [0.4, 0.5) is 0 Å². The maximum Gasteiger partial charge on any atom is 0.0964 e. The molecule has 0 radical (unpaired) electrons.